The fourth-order valence-electron chi connectivity index (χ4n) is 2.65. The average Bonchev–Trinajstić information content (AvgIpc) is 2.79. The highest BCUT2D eigenvalue weighted by Crippen LogP contribution is 2.30. The van der Waals surface area contributed by atoms with E-state index in [1.807, 2.05) is 19.1 Å². The normalized spacial score (nSPS) is 10.7. The predicted octanol–water partition coefficient (Wildman–Crippen LogP) is 5.06. The number of methoxy groups -OCH3 is 1. The molecule has 0 fully saturated rings. The highest BCUT2D eigenvalue weighted by atomic mass is 35.5. The van der Waals surface area contributed by atoms with Gasteiger partial charge in [0.05, 0.1) is 23.9 Å². The molecule has 0 radical (unpaired) electrons. The third kappa shape index (κ3) is 6.97. The van der Waals surface area contributed by atoms with Gasteiger partial charge in [0.1, 0.15) is 5.75 Å². The molecule has 7 nitrogen and oxygen atoms in total. The number of benzene rings is 3. The summed E-state index contributed by atoms with van der Waals surface area (Å²) in [4.78, 5) is 24.3. The molecule has 3 aromatic carbocycles. The van der Waals surface area contributed by atoms with E-state index in [0.29, 0.717) is 22.1 Å². The van der Waals surface area contributed by atoms with Gasteiger partial charge < -0.3 is 14.2 Å². The Hall–Kier alpha value is -3.55. The van der Waals surface area contributed by atoms with Crippen LogP contribution in [0.4, 0.5) is 0 Å². The van der Waals surface area contributed by atoms with E-state index in [4.69, 9.17) is 37.4 Å². The molecule has 0 aliphatic heterocycles. The number of hydrazone groups is 1. The SMILES string of the molecule is COc1cc(/C=N\NC(=O)COc2ccc(C)cc2)ccc1OC(=O)c1ccc(Cl)cc1Cl. The van der Waals surface area contributed by atoms with Crippen LogP contribution >= 0.6 is 23.2 Å². The molecule has 0 saturated heterocycles. The number of amides is 1. The van der Waals surface area contributed by atoms with Crippen molar-refractivity contribution < 1.29 is 23.8 Å². The molecule has 0 bridgehead atoms. The highest BCUT2D eigenvalue weighted by Gasteiger charge is 2.16. The number of ether oxygens (including phenoxy) is 3. The fourth-order valence-corrected chi connectivity index (χ4v) is 3.14. The molecule has 0 atom stereocenters. The number of halogens is 2. The second-order valence-corrected chi connectivity index (χ2v) is 7.66. The molecule has 0 spiro atoms. The summed E-state index contributed by atoms with van der Waals surface area (Å²) in [6.07, 6.45) is 1.42. The Kier molecular flexibility index (Phi) is 8.29. The quantitative estimate of drug-likeness (QED) is 0.208. The van der Waals surface area contributed by atoms with Crippen LogP contribution in [0.5, 0.6) is 17.2 Å². The van der Waals surface area contributed by atoms with E-state index in [-0.39, 0.29) is 22.9 Å². The van der Waals surface area contributed by atoms with Gasteiger partial charge in [0, 0.05) is 5.02 Å². The van der Waals surface area contributed by atoms with Crippen molar-refractivity contribution in [2.45, 2.75) is 6.92 Å². The van der Waals surface area contributed by atoms with Crippen molar-refractivity contribution in [2.75, 3.05) is 13.7 Å². The Morgan fingerprint density at radius 3 is 2.45 bits per heavy atom. The minimum Gasteiger partial charge on any atom is -0.493 e. The zero-order chi connectivity index (χ0) is 23.8. The summed E-state index contributed by atoms with van der Waals surface area (Å²) >= 11 is 11.9. The van der Waals surface area contributed by atoms with Crippen LogP contribution in [0, 0.1) is 6.92 Å². The zero-order valence-corrected chi connectivity index (χ0v) is 19.3. The molecule has 3 rings (SSSR count). The Bertz CT molecular complexity index is 1180. The lowest BCUT2D eigenvalue weighted by Crippen LogP contribution is -2.24. The van der Waals surface area contributed by atoms with Gasteiger partial charge in [-0.3, -0.25) is 4.79 Å². The maximum atomic E-state index is 12.4. The van der Waals surface area contributed by atoms with Gasteiger partial charge in [0.25, 0.3) is 5.91 Å². The standard InChI is InChI=1S/C24H20Cl2N2O5/c1-15-3-7-18(8-4-15)32-14-23(29)28-27-13-16-5-10-21(22(11-16)31-2)33-24(30)19-9-6-17(25)12-20(19)26/h3-13H,14H2,1-2H3,(H,28,29)/b27-13-. The molecule has 170 valence electrons. The molecule has 9 heteroatoms. The molecule has 1 N–H and O–H groups in total. The van der Waals surface area contributed by atoms with Crippen LogP contribution in [0.15, 0.2) is 65.8 Å². The van der Waals surface area contributed by atoms with Crippen LogP contribution < -0.4 is 19.6 Å². The molecule has 33 heavy (non-hydrogen) atoms. The summed E-state index contributed by atoms with van der Waals surface area (Å²) in [6, 6.07) is 16.6. The molecular formula is C24H20Cl2N2O5. The van der Waals surface area contributed by atoms with Crippen LogP contribution in [-0.4, -0.2) is 31.8 Å². The van der Waals surface area contributed by atoms with Crippen molar-refractivity contribution in [2.24, 2.45) is 5.10 Å². The molecule has 0 aliphatic rings. The number of hydrogen-bond donors (Lipinski definition) is 1. The number of esters is 1. The molecule has 0 aliphatic carbocycles. The number of nitrogens with one attached hydrogen (secondary N) is 1. The van der Waals surface area contributed by atoms with Crippen molar-refractivity contribution in [3.05, 3.63) is 87.4 Å². The van der Waals surface area contributed by atoms with Crippen molar-refractivity contribution in [1.29, 1.82) is 0 Å². The van der Waals surface area contributed by atoms with Gasteiger partial charge >= 0.3 is 5.97 Å². The number of hydrogen-bond acceptors (Lipinski definition) is 6. The number of nitrogens with zero attached hydrogens (tertiary/aromatic N) is 1. The van der Waals surface area contributed by atoms with E-state index in [2.05, 4.69) is 10.5 Å². The second kappa shape index (κ2) is 11.4. The second-order valence-electron chi connectivity index (χ2n) is 6.82. The van der Waals surface area contributed by atoms with Crippen LogP contribution in [0.25, 0.3) is 0 Å². The molecule has 0 aromatic heterocycles. The number of rotatable bonds is 8. The number of aryl methyl sites for hydroxylation is 1. The minimum absolute atomic E-state index is 0.171. The predicted molar refractivity (Wildman–Crippen MR) is 127 cm³/mol. The van der Waals surface area contributed by atoms with E-state index in [9.17, 15) is 9.59 Å². The first-order valence-corrected chi connectivity index (χ1v) is 10.5. The third-order valence-electron chi connectivity index (χ3n) is 4.34. The summed E-state index contributed by atoms with van der Waals surface area (Å²) < 4.78 is 16.1. The van der Waals surface area contributed by atoms with Gasteiger partial charge in [-0.15, -0.1) is 0 Å². The monoisotopic (exact) mass is 486 g/mol. The Morgan fingerprint density at radius 1 is 1.00 bits per heavy atom. The summed E-state index contributed by atoms with van der Waals surface area (Å²) in [5.74, 6) is 0.0171. The summed E-state index contributed by atoms with van der Waals surface area (Å²) in [7, 11) is 1.44. The van der Waals surface area contributed by atoms with Gasteiger partial charge in [-0.25, -0.2) is 10.2 Å². The van der Waals surface area contributed by atoms with Gasteiger partial charge in [-0.2, -0.15) is 5.10 Å². The average molecular weight is 487 g/mol. The maximum absolute atomic E-state index is 12.4. The maximum Gasteiger partial charge on any atom is 0.345 e. The first kappa shape index (κ1) is 24.1. The first-order chi connectivity index (χ1) is 15.9. The fraction of sp³-hybridized carbons (Fsp3) is 0.125. The van der Waals surface area contributed by atoms with Crippen molar-refractivity contribution in [3.8, 4) is 17.2 Å². The molecular weight excluding hydrogens is 467 g/mol. The number of carbonyl (C=O) groups is 2. The van der Waals surface area contributed by atoms with Gasteiger partial charge in [-0.1, -0.05) is 40.9 Å². The van der Waals surface area contributed by atoms with Crippen molar-refractivity contribution >= 4 is 41.3 Å². The number of carbonyl (C=O) groups excluding carboxylic acids is 2. The Labute approximate surface area is 200 Å². The smallest absolute Gasteiger partial charge is 0.345 e. The lowest BCUT2D eigenvalue weighted by atomic mass is 10.2. The van der Waals surface area contributed by atoms with E-state index in [0.717, 1.165) is 5.56 Å². The van der Waals surface area contributed by atoms with Crippen molar-refractivity contribution in [1.82, 2.24) is 5.43 Å². The first-order valence-electron chi connectivity index (χ1n) is 9.72. The van der Waals surface area contributed by atoms with Crippen LogP contribution in [0.2, 0.25) is 10.0 Å². The van der Waals surface area contributed by atoms with E-state index < -0.39 is 11.9 Å². The van der Waals surface area contributed by atoms with Crippen LogP contribution in [0.3, 0.4) is 0 Å². The van der Waals surface area contributed by atoms with Crippen molar-refractivity contribution in [3.63, 3.8) is 0 Å². The highest BCUT2D eigenvalue weighted by molar-refractivity contribution is 6.36. The van der Waals surface area contributed by atoms with E-state index >= 15 is 0 Å². The molecule has 3 aromatic rings. The molecule has 0 unspecified atom stereocenters. The summed E-state index contributed by atoms with van der Waals surface area (Å²) in [5, 5.41) is 4.49. The van der Waals surface area contributed by atoms with E-state index in [1.165, 1.54) is 25.5 Å². The molecule has 0 heterocycles. The van der Waals surface area contributed by atoms with Crippen LogP contribution in [0.1, 0.15) is 21.5 Å². The van der Waals surface area contributed by atoms with Gasteiger partial charge in [0.15, 0.2) is 18.1 Å². The van der Waals surface area contributed by atoms with Gasteiger partial charge in [-0.05, 0) is 61.0 Å². The lowest BCUT2D eigenvalue weighted by Gasteiger charge is -2.10. The van der Waals surface area contributed by atoms with Crippen LogP contribution in [-0.2, 0) is 4.79 Å². The minimum atomic E-state index is -0.655. The third-order valence-corrected chi connectivity index (χ3v) is 4.88. The topological polar surface area (TPSA) is 86.2 Å². The molecule has 0 saturated carbocycles. The largest absolute Gasteiger partial charge is 0.493 e. The summed E-state index contributed by atoms with van der Waals surface area (Å²) in [6.45, 7) is 1.79. The Morgan fingerprint density at radius 2 is 1.76 bits per heavy atom. The lowest BCUT2D eigenvalue weighted by molar-refractivity contribution is -0.123. The van der Waals surface area contributed by atoms with Gasteiger partial charge in [0.2, 0.25) is 0 Å². The summed E-state index contributed by atoms with van der Waals surface area (Å²) in [5.41, 5.74) is 4.26. The van der Waals surface area contributed by atoms with E-state index in [1.54, 1.807) is 36.4 Å². The Balaban J connectivity index is 1.58. The molecule has 1 amide bonds. The zero-order valence-electron chi connectivity index (χ0n) is 17.8.